The Balaban J connectivity index is 0.000000176. The lowest BCUT2D eigenvalue weighted by molar-refractivity contribution is -0.0601. The van der Waals surface area contributed by atoms with Crippen molar-refractivity contribution in [3.8, 4) is 0 Å². The monoisotopic (exact) mass is 486 g/mol. The molecule has 4 fully saturated rings. The van der Waals surface area contributed by atoms with E-state index < -0.39 is 28.8 Å². The minimum Gasteiger partial charge on any atom is -0.376 e. The zero-order valence-electron chi connectivity index (χ0n) is 17.7. The van der Waals surface area contributed by atoms with Gasteiger partial charge in [0.15, 0.2) is 0 Å². The molecule has 4 aliphatic heterocycles. The van der Waals surface area contributed by atoms with Gasteiger partial charge in [-0.3, -0.25) is 17.1 Å². The predicted molar refractivity (Wildman–Crippen MR) is 112 cm³/mol. The van der Waals surface area contributed by atoms with Crippen LogP contribution in [0, 0.1) is 0 Å². The zero-order chi connectivity index (χ0) is 21.9. The second-order valence-corrected chi connectivity index (χ2v) is 9.43. The third-order valence-corrected chi connectivity index (χ3v) is 6.65. The van der Waals surface area contributed by atoms with Crippen molar-refractivity contribution in [3.05, 3.63) is 0 Å². The molecule has 0 aromatic heterocycles. The molecule has 5 atom stereocenters. The Bertz CT molecular complexity index is 504. The summed E-state index contributed by atoms with van der Waals surface area (Å²) in [7, 11) is 0. The summed E-state index contributed by atoms with van der Waals surface area (Å²) in [5, 5.41) is 0. The summed E-state index contributed by atoms with van der Waals surface area (Å²) in [4.78, 5) is 0. The van der Waals surface area contributed by atoms with Gasteiger partial charge in [0.05, 0.1) is 37.6 Å². The van der Waals surface area contributed by atoms with E-state index in [0.29, 0.717) is 26.4 Å². The number of rotatable bonds is 10. The molecule has 10 nitrogen and oxygen atoms in total. The number of ether oxygens (including phenoxy) is 4. The Morgan fingerprint density at radius 3 is 1.55 bits per heavy atom. The molecule has 182 valence electrons. The lowest BCUT2D eigenvalue weighted by Gasteiger charge is -2.25. The van der Waals surface area contributed by atoms with Crippen LogP contribution in [0.4, 0.5) is 0 Å². The molecular formula is C19H34O10S2. The first kappa shape index (κ1) is 25.6. The maximum Gasteiger partial charge on any atom is 0.304 e. The highest BCUT2D eigenvalue weighted by molar-refractivity contribution is 7.75. The Morgan fingerprint density at radius 1 is 0.742 bits per heavy atom. The van der Waals surface area contributed by atoms with Gasteiger partial charge in [0.2, 0.25) is 0 Å². The Hall–Kier alpha value is -0.0200. The second kappa shape index (κ2) is 14.3. The van der Waals surface area contributed by atoms with Gasteiger partial charge >= 0.3 is 22.7 Å². The van der Waals surface area contributed by atoms with Crippen LogP contribution in [0.2, 0.25) is 0 Å². The average molecular weight is 487 g/mol. The van der Waals surface area contributed by atoms with Crippen molar-refractivity contribution in [2.45, 2.75) is 81.9 Å². The summed E-state index contributed by atoms with van der Waals surface area (Å²) < 4.78 is 67.5. The molecule has 4 rings (SSSR count). The lowest BCUT2D eigenvalue weighted by atomic mass is 10.0. The van der Waals surface area contributed by atoms with Crippen molar-refractivity contribution in [2.75, 3.05) is 39.6 Å². The molecule has 5 unspecified atom stereocenters. The van der Waals surface area contributed by atoms with Crippen LogP contribution in [0.25, 0.3) is 0 Å². The maximum atomic E-state index is 11.3. The second-order valence-electron chi connectivity index (χ2n) is 7.92. The van der Waals surface area contributed by atoms with E-state index >= 15 is 0 Å². The van der Waals surface area contributed by atoms with Gasteiger partial charge in [-0.1, -0.05) is 0 Å². The van der Waals surface area contributed by atoms with Crippen molar-refractivity contribution in [2.24, 2.45) is 0 Å². The van der Waals surface area contributed by atoms with Gasteiger partial charge in [-0.05, 0) is 51.4 Å². The lowest BCUT2D eigenvalue weighted by Crippen LogP contribution is -2.39. The molecule has 0 radical (unpaired) electrons. The van der Waals surface area contributed by atoms with E-state index in [4.69, 9.17) is 36.0 Å². The minimum atomic E-state index is -2.25. The van der Waals surface area contributed by atoms with Crippen LogP contribution in [0.3, 0.4) is 0 Å². The standard InChI is InChI=1S/C10H18O5S.C9H16O5S/c11-16(14-7-9-3-1-5-12-9)15-8-10-4-2-6-13-10;10-15(11)14-9(7-3-1-5-12-7)8-4-2-6-13-8/h9-10H,1-8H2;7-9H,1-6H2,(H,10,11). The Kier molecular flexibility index (Phi) is 11.8. The fourth-order valence-corrected chi connectivity index (χ4v) is 5.06. The molecule has 31 heavy (non-hydrogen) atoms. The molecule has 4 saturated heterocycles. The van der Waals surface area contributed by atoms with Crippen molar-refractivity contribution < 1.29 is 44.5 Å². The molecule has 0 aliphatic carbocycles. The largest absolute Gasteiger partial charge is 0.376 e. The van der Waals surface area contributed by atoms with Crippen LogP contribution in [-0.4, -0.2) is 83.1 Å². The predicted octanol–water partition coefficient (Wildman–Crippen LogP) is 1.82. The van der Waals surface area contributed by atoms with Crippen LogP contribution in [-0.2, 0) is 54.2 Å². The van der Waals surface area contributed by atoms with Gasteiger partial charge in [-0.2, -0.15) is 8.42 Å². The molecule has 0 spiro atoms. The summed E-state index contributed by atoms with van der Waals surface area (Å²) in [6.07, 6.45) is 7.34. The fourth-order valence-electron chi connectivity index (χ4n) is 4.03. The summed E-state index contributed by atoms with van der Waals surface area (Å²) in [6, 6.07) is 0. The van der Waals surface area contributed by atoms with Crippen molar-refractivity contribution in [1.29, 1.82) is 0 Å². The van der Waals surface area contributed by atoms with Gasteiger partial charge in [0.25, 0.3) is 0 Å². The molecule has 0 aromatic rings. The van der Waals surface area contributed by atoms with Crippen LogP contribution in [0.1, 0.15) is 51.4 Å². The van der Waals surface area contributed by atoms with Gasteiger partial charge in [0, 0.05) is 26.4 Å². The summed E-state index contributed by atoms with van der Waals surface area (Å²) >= 11 is -3.92. The van der Waals surface area contributed by atoms with Crippen molar-refractivity contribution in [3.63, 3.8) is 0 Å². The summed E-state index contributed by atoms with van der Waals surface area (Å²) in [6.45, 7) is 3.65. The summed E-state index contributed by atoms with van der Waals surface area (Å²) in [5.74, 6) is 0. The van der Waals surface area contributed by atoms with Gasteiger partial charge < -0.3 is 18.9 Å². The quantitative estimate of drug-likeness (QED) is 0.458. The van der Waals surface area contributed by atoms with Crippen LogP contribution >= 0.6 is 0 Å². The van der Waals surface area contributed by atoms with E-state index in [-0.39, 0.29) is 24.4 Å². The van der Waals surface area contributed by atoms with E-state index in [2.05, 4.69) is 0 Å². The summed E-state index contributed by atoms with van der Waals surface area (Å²) in [5.41, 5.74) is 0. The number of hydrogen-bond donors (Lipinski definition) is 1. The minimum absolute atomic E-state index is 0.0790. The molecule has 4 aliphatic rings. The van der Waals surface area contributed by atoms with E-state index in [1.165, 1.54) is 0 Å². The van der Waals surface area contributed by atoms with E-state index in [1.807, 2.05) is 0 Å². The van der Waals surface area contributed by atoms with Gasteiger partial charge in [0.1, 0.15) is 6.10 Å². The van der Waals surface area contributed by atoms with Crippen LogP contribution < -0.4 is 0 Å². The first-order valence-electron chi connectivity index (χ1n) is 11.0. The first-order chi connectivity index (χ1) is 15.1. The van der Waals surface area contributed by atoms with E-state index in [9.17, 15) is 8.42 Å². The van der Waals surface area contributed by atoms with E-state index in [0.717, 1.165) is 64.6 Å². The van der Waals surface area contributed by atoms with E-state index in [1.54, 1.807) is 0 Å². The first-order valence-corrected chi connectivity index (χ1v) is 13.1. The SMILES string of the molecule is O=S(O)OC(C1CCCO1)C1CCCO1.O=S(OCC1CCCO1)OCC1CCCO1. The molecule has 0 aromatic carbocycles. The molecule has 4 heterocycles. The maximum absolute atomic E-state index is 11.3. The van der Waals surface area contributed by atoms with Gasteiger partial charge in [-0.25, -0.2) is 0 Å². The van der Waals surface area contributed by atoms with Crippen molar-refractivity contribution >= 4 is 22.7 Å². The van der Waals surface area contributed by atoms with Gasteiger partial charge in [-0.15, -0.1) is 0 Å². The molecule has 0 bridgehead atoms. The molecule has 12 heteroatoms. The van der Waals surface area contributed by atoms with Crippen molar-refractivity contribution in [1.82, 2.24) is 0 Å². The third-order valence-electron chi connectivity index (χ3n) is 5.60. The van der Waals surface area contributed by atoms with Crippen LogP contribution in [0.5, 0.6) is 0 Å². The van der Waals surface area contributed by atoms with Crippen LogP contribution in [0.15, 0.2) is 0 Å². The highest BCUT2D eigenvalue weighted by Crippen LogP contribution is 2.27. The zero-order valence-corrected chi connectivity index (χ0v) is 19.4. The normalized spacial score (nSPS) is 33.7. The average Bonchev–Trinajstić information content (AvgIpc) is 3.59. The number of hydrogen-bond acceptors (Lipinski definition) is 9. The third kappa shape index (κ3) is 9.40. The molecule has 0 saturated carbocycles. The smallest absolute Gasteiger partial charge is 0.304 e. The molecular weight excluding hydrogens is 452 g/mol. The highest BCUT2D eigenvalue weighted by Gasteiger charge is 2.37. The highest BCUT2D eigenvalue weighted by atomic mass is 32.2. The Morgan fingerprint density at radius 2 is 1.19 bits per heavy atom. The molecule has 0 amide bonds. The molecule has 1 N–H and O–H groups in total. The topological polar surface area (TPSA) is 119 Å². The Labute approximate surface area is 188 Å². The fraction of sp³-hybridized carbons (Fsp3) is 1.00.